The fourth-order valence-corrected chi connectivity index (χ4v) is 3.73. The smallest absolute Gasteiger partial charge is 0.198 e. The van der Waals surface area contributed by atoms with Crippen LogP contribution in [0.1, 0.15) is 17.5 Å². The molecule has 6 heteroatoms. The predicted molar refractivity (Wildman–Crippen MR) is 119 cm³/mol. The summed E-state index contributed by atoms with van der Waals surface area (Å²) in [4.78, 5) is 10.0. The van der Waals surface area contributed by atoms with Gasteiger partial charge in [-0.2, -0.15) is 0 Å². The predicted octanol–water partition coefficient (Wildman–Crippen LogP) is 4.07. The molecule has 0 atom stereocenters. The highest BCUT2D eigenvalue weighted by Gasteiger charge is 2.11. The molecule has 29 heavy (non-hydrogen) atoms. The lowest BCUT2D eigenvalue weighted by atomic mass is 10.1. The van der Waals surface area contributed by atoms with Crippen LogP contribution in [0.2, 0.25) is 0 Å². The first-order chi connectivity index (χ1) is 14.2. The van der Waals surface area contributed by atoms with Crippen molar-refractivity contribution in [1.29, 1.82) is 0 Å². The van der Waals surface area contributed by atoms with Crippen LogP contribution in [0.3, 0.4) is 0 Å². The topological polar surface area (TPSA) is 72.9 Å². The summed E-state index contributed by atoms with van der Waals surface area (Å²) in [5.41, 5.74) is 4.70. The van der Waals surface area contributed by atoms with Gasteiger partial charge in [0.05, 0.1) is 24.5 Å². The van der Waals surface area contributed by atoms with Crippen LogP contribution in [0.4, 0.5) is 11.4 Å². The molecule has 0 spiro atoms. The normalized spacial score (nSPS) is 15.3. The van der Waals surface area contributed by atoms with Gasteiger partial charge in [0.15, 0.2) is 5.88 Å². The lowest BCUT2D eigenvalue weighted by Crippen LogP contribution is -2.37. The highest BCUT2D eigenvalue weighted by atomic mass is 16.5. The molecular formula is C23H28N4O2. The molecular weight excluding hydrogens is 364 g/mol. The minimum atomic E-state index is 0.150. The summed E-state index contributed by atoms with van der Waals surface area (Å²) in [7, 11) is 0. The van der Waals surface area contributed by atoms with Crippen molar-refractivity contribution in [2.24, 2.45) is 4.99 Å². The molecule has 0 saturated carbocycles. The highest BCUT2D eigenvalue weighted by molar-refractivity contribution is 6.04. The molecule has 0 aliphatic carbocycles. The Bertz CT molecular complexity index is 972. The van der Waals surface area contributed by atoms with E-state index in [2.05, 4.69) is 20.2 Å². The number of anilines is 1. The molecule has 0 amide bonds. The Morgan fingerprint density at radius 3 is 2.76 bits per heavy atom. The maximum Gasteiger partial charge on any atom is 0.198 e. The Kier molecular flexibility index (Phi) is 6.12. The highest BCUT2D eigenvalue weighted by Crippen LogP contribution is 2.29. The van der Waals surface area contributed by atoms with E-state index in [1.165, 1.54) is 0 Å². The van der Waals surface area contributed by atoms with Crippen LogP contribution >= 0.6 is 0 Å². The lowest BCUT2D eigenvalue weighted by molar-refractivity contribution is 0.0378. The van der Waals surface area contributed by atoms with Crippen LogP contribution in [0.25, 0.3) is 10.9 Å². The zero-order valence-electron chi connectivity index (χ0n) is 16.8. The van der Waals surface area contributed by atoms with Gasteiger partial charge in [-0.15, -0.1) is 0 Å². The van der Waals surface area contributed by atoms with Gasteiger partial charge in [0, 0.05) is 42.4 Å². The molecule has 2 aromatic carbocycles. The molecule has 3 N–H and O–H groups in total. The first-order valence-corrected chi connectivity index (χ1v) is 10.2. The number of nitrogens with zero attached hydrogens (tertiary/aromatic N) is 2. The van der Waals surface area contributed by atoms with Crippen molar-refractivity contribution in [2.75, 3.05) is 44.7 Å². The van der Waals surface area contributed by atoms with E-state index in [9.17, 15) is 5.11 Å². The van der Waals surface area contributed by atoms with Gasteiger partial charge in [-0.25, -0.2) is 0 Å². The molecule has 152 valence electrons. The molecule has 0 radical (unpaired) electrons. The fraction of sp³-hybridized carbons (Fsp3) is 0.348. The summed E-state index contributed by atoms with van der Waals surface area (Å²) in [5, 5.41) is 14.7. The van der Waals surface area contributed by atoms with E-state index < -0.39 is 0 Å². The summed E-state index contributed by atoms with van der Waals surface area (Å²) in [5.74, 6) is 0.150. The largest absolute Gasteiger partial charge is 0.494 e. The van der Waals surface area contributed by atoms with Crippen molar-refractivity contribution in [2.45, 2.75) is 13.3 Å². The van der Waals surface area contributed by atoms with Gasteiger partial charge in [0.2, 0.25) is 0 Å². The summed E-state index contributed by atoms with van der Waals surface area (Å²) >= 11 is 0. The van der Waals surface area contributed by atoms with Crippen LogP contribution in [0.15, 0.2) is 47.5 Å². The van der Waals surface area contributed by atoms with Crippen LogP contribution in [0.5, 0.6) is 5.88 Å². The Labute approximate surface area is 171 Å². The second-order valence-electron chi connectivity index (χ2n) is 7.42. The number of aromatic amines is 1. The first kappa shape index (κ1) is 19.5. The van der Waals surface area contributed by atoms with Crippen LogP contribution < -0.4 is 5.32 Å². The average molecular weight is 393 g/mol. The maximum atomic E-state index is 10.2. The number of rotatable bonds is 7. The fourth-order valence-electron chi connectivity index (χ4n) is 3.73. The number of morpholine rings is 1. The average Bonchev–Trinajstić information content (AvgIpc) is 3.07. The van der Waals surface area contributed by atoms with E-state index in [0.717, 1.165) is 79.2 Å². The summed E-state index contributed by atoms with van der Waals surface area (Å²) < 4.78 is 5.38. The van der Waals surface area contributed by atoms with Crippen LogP contribution in [-0.4, -0.2) is 60.6 Å². The molecule has 1 saturated heterocycles. The van der Waals surface area contributed by atoms with Gasteiger partial charge in [0.1, 0.15) is 0 Å². The number of aromatic hydroxyl groups is 1. The van der Waals surface area contributed by atoms with E-state index in [0.29, 0.717) is 0 Å². The van der Waals surface area contributed by atoms with Gasteiger partial charge in [-0.05, 0) is 55.8 Å². The molecule has 3 aromatic rings. The molecule has 2 heterocycles. The van der Waals surface area contributed by atoms with E-state index in [1.54, 1.807) is 6.21 Å². The van der Waals surface area contributed by atoms with Crippen molar-refractivity contribution in [1.82, 2.24) is 9.88 Å². The second kappa shape index (κ2) is 9.11. The minimum absolute atomic E-state index is 0.150. The van der Waals surface area contributed by atoms with E-state index in [1.807, 2.05) is 49.4 Å². The maximum absolute atomic E-state index is 10.2. The van der Waals surface area contributed by atoms with Crippen LogP contribution in [-0.2, 0) is 4.74 Å². The molecule has 4 rings (SSSR count). The number of aryl methyl sites for hydroxylation is 1. The minimum Gasteiger partial charge on any atom is -0.494 e. The Hall–Kier alpha value is -2.83. The van der Waals surface area contributed by atoms with Crippen molar-refractivity contribution in [3.63, 3.8) is 0 Å². The molecule has 1 fully saturated rings. The molecule has 0 unspecified atom stereocenters. The molecule has 0 bridgehead atoms. The number of benzene rings is 2. The summed E-state index contributed by atoms with van der Waals surface area (Å²) in [6.07, 6.45) is 2.84. The molecule has 1 aliphatic heterocycles. The van der Waals surface area contributed by atoms with E-state index in [-0.39, 0.29) is 5.88 Å². The second-order valence-corrected chi connectivity index (χ2v) is 7.42. The number of ether oxygens (including phenoxy) is 1. The monoisotopic (exact) mass is 392 g/mol. The number of H-pyrrole nitrogens is 1. The van der Waals surface area contributed by atoms with Gasteiger partial charge in [0.25, 0.3) is 0 Å². The molecule has 1 aliphatic rings. The third-order valence-corrected chi connectivity index (χ3v) is 5.34. The zero-order valence-corrected chi connectivity index (χ0v) is 16.8. The van der Waals surface area contributed by atoms with Crippen molar-refractivity contribution in [3.8, 4) is 5.88 Å². The lowest BCUT2D eigenvalue weighted by Gasteiger charge is -2.26. The molecule has 1 aromatic heterocycles. The van der Waals surface area contributed by atoms with Crippen molar-refractivity contribution in [3.05, 3.63) is 53.6 Å². The van der Waals surface area contributed by atoms with Gasteiger partial charge in [-0.3, -0.25) is 9.89 Å². The SMILES string of the molecule is Cc1cccc2[nH]c(O)c(C=Nc3ccc(NCCCN4CCOCC4)cc3)c12. The number of hydrogen-bond donors (Lipinski definition) is 3. The number of aromatic nitrogens is 1. The Morgan fingerprint density at radius 1 is 1.17 bits per heavy atom. The van der Waals surface area contributed by atoms with Crippen molar-refractivity contribution < 1.29 is 9.84 Å². The molecule has 6 nitrogen and oxygen atoms in total. The van der Waals surface area contributed by atoms with Crippen molar-refractivity contribution >= 4 is 28.5 Å². The van der Waals surface area contributed by atoms with Gasteiger partial charge < -0.3 is 20.1 Å². The third kappa shape index (κ3) is 4.78. The Morgan fingerprint density at radius 2 is 1.97 bits per heavy atom. The van der Waals surface area contributed by atoms with Crippen LogP contribution in [0, 0.1) is 6.92 Å². The zero-order chi connectivity index (χ0) is 20.1. The number of fused-ring (bicyclic) bond motifs is 1. The Balaban J connectivity index is 1.33. The first-order valence-electron chi connectivity index (χ1n) is 10.2. The number of nitrogens with one attached hydrogen (secondary N) is 2. The third-order valence-electron chi connectivity index (χ3n) is 5.34. The van der Waals surface area contributed by atoms with Gasteiger partial charge >= 0.3 is 0 Å². The van der Waals surface area contributed by atoms with E-state index >= 15 is 0 Å². The summed E-state index contributed by atoms with van der Waals surface area (Å²) in [6, 6.07) is 14.0. The standard InChI is InChI=1S/C23H28N4O2/c1-17-4-2-5-21-22(17)20(23(28)26-21)16-25-19-8-6-18(7-9-19)24-10-3-11-27-12-14-29-15-13-27/h2,4-9,16,24,26,28H,3,10-15H2,1H3. The van der Waals surface area contributed by atoms with Gasteiger partial charge in [-0.1, -0.05) is 12.1 Å². The summed E-state index contributed by atoms with van der Waals surface area (Å²) in [6.45, 7) is 7.87. The number of aliphatic imine (C=N–C) groups is 1. The quantitative estimate of drug-likeness (QED) is 0.419. The van der Waals surface area contributed by atoms with E-state index in [4.69, 9.17) is 4.74 Å². The number of hydrogen-bond acceptors (Lipinski definition) is 5.